The lowest BCUT2D eigenvalue weighted by Gasteiger charge is -2.33. The molecule has 0 atom stereocenters. The molecule has 1 amide bonds. The zero-order chi connectivity index (χ0) is 19.6. The number of aromatic amines is 2. The van der Waals surface area contributed by atoms with Crippen molar-refractivity contribution in [3.05, 3.63) is 68.0 Å². The molecular formula is C18H18F3N3O3. The third-order valence-electron chi connectivity index (χ3n) is 4.71. The number of nitrogens with zero attached hydrogens (tertiary/aromatic N) is 1. The molecule has 27 heavy (non-hydrogen) atoms. The molecule has 0 aliphatic carbocycles. The molecular weight excluding hydrogens is 363 g/mol. The fourth-order valence-corrected chi connectivity index (χ4v) is 3.44. The van der Waals surface area contributed by atoms with Crippen LogP contribution in [0.15, 0.2) is 39.9 Å². The van der Waals surface area contributed by atoms with Crippen LogP contribution in [-0.4, -0.2) is 33.9 Å². The summed E-state index contributed by atoms with van der Waals surface area (Å²) in [4.78, 5) is 40.9. The Morgan fingerprint density at radius 3 is 2.41 bits per heavy atom. The van der Waals surface area contributed by atoms with E-state index < -0.39 is 23.0 Å². The first-order valence-electron chi connectivity index (χ1n) is 8.50. The Balaban J connectivity index is 1.66. The number of alkyl halides is 3. The van der Waals surface area contributed by atoms with Crippen molar-refractivity contribution < 1.29 is 18.0 Å². The van der Waals surface area contributed by atoms with Crippen LogP contribution in [0.3, 0.4) is 0 Å². The molecule has 0 unspecified atom stereocenters. The van der Waals surface area contributed by atoms with Crippen LogP contribution in [0.5, 0.6) is 0 Å². The summed E-state index contributed by atoms with van der Waals surface area (Å²) in [6, 6.07) is 6.67. The lowest BCUT2D eigenvalue weighted by Crippen LogP contribution is -2.39. The van der Waals surface area contributed by atoms with E-state index in [0.717, 1.165) is 12.1 Å². The van der Waals surface area contributed by atoms with Gasteiger partial charge in [0.25, 0.3) is 5.56 Å². The van der Waals surface area contributed by atoms with Gasteiger partial charge in [-0.3, -0.25) is 14.6 Å². The molecule has 2 N–H and O–H groups in total. The third kappa shape index (κ3) is 4.47. The highest BCUT2D eigenvalue weighted by Gasteiger charge is 2.36. The Bertz CT molecular complexity index is 913. The quantitative estimate of drug-likeness (QED) is 0.853. The first-order chi connectivity index (χ1) is 12.7. The van der Waals surface area contributed by atoms with E-state index in [-0.39, 0.29) is 29.5 Å². The van der Waals surface area contributed by atoms with Gasteiger partial charge in [-0.2, -0.15) is 13.2 Å². The topological polar surface area (TPSA) is 86.0 Å². The number of halogens is 3. The van der Waals surface area contributed by atoms with Crippen LogP contribution in [0.25, 0.3) is 0 Å². The Labute approximate surface area is 152 Å². The largest absolute Gasteiger partial charge is 0.416 e. The minimum atomic E-state index is -4.41. The SMILES string of the molecule is O=C(Cc1cc(=O)[nH]c(=O)[nH]1)N1CCC(c2ccccc2C(F)(F)F)CC1. The van der Waals surface area contributed by atoms with E-state index in [2.05, 4.69) is 4.98 Å². The molecule has 1 aliphatic rings. The number of nitrogens with one attached hydrogen (secondary N) is 2. The summed E-state index contributed by atoms with van der Waals surface area (Å²) < 4.78 is 39.6. The predicted octanol–water partition coefficient (Wildman–Crippen LogP) is 2.03. The lowest BCUT2D eigenvalue weighted by molar-refractivity contribution is -0.139. The molecule has 9 heteroatoms. The van der Waals surface area contributed by atoms with Gasteiger partial charge in [-0.05, 0) is 30.4 Å². The molecule has 0 spiro atoms. The Kier molecular flexibility index (Phi) is 5.20. The number of likely N-dealkylation sites (tertiary alicyclic amines) is 1. The molecule has 6 nitrogen and oxygen atoms in total. The van der Waals surface area contributed by atoms with Gasteiger partial charge in [-0.1, -0.05) is 18.2 Å². The summed E-state index contributed by atoms with van der Waals surface area (Å²) in [6.07, 6.45) is -3.70. The van der Waals surface area contributed by atoms with Gasteiger partial charge in [0.15, 0.2) is 0 Å². The van der Waals surface area contributed by atoms with Crippen molar-refractivity contribution in [2.45, 2.75) is 31.4 Å². The maximum absolute atomic E-state index is 13.2. The maximum atomic E-state index is 13.2. The smallest absolute Gasteiger partial charge is 0.342 e. The number of carbonyl (C=O) groups is 1. The number of hydrogen-bond acceptors (Lipinski definition) is 3. The van der Waals surface area contributed by atoms with E-state index in [1.165, 1.54) is 12.1 Å². The molecule has 1 aromatic carbocycles. The van der Waals surface area contributed by atoms with Crippen LogP contribution < -0.4 is 11.2 Å². The van der Waals surface area contributed by atoms with Gasteiger partial charge in [-0.25, -0.2) is 4.79 Å². The second-order valence-electron chi connectivity index (χ2n) is 6.53. The van der Waals surface area contributed by atoms with E-state index in [0.29, 0.717) is 25.9 Å². The summed E-state index contributed by atoms with van der Waals surface area (Å²) in [5, 5.41) is 0. The number of hydrogen-bond donors (Lipinski definition) is 2. The number of carbonyl (C=O) groups excluding carboxylic acids is 1. The number of amides is 1. The van der Waals surface area contributed by atoms with Crippen molar-refractivity contribution >= 4 is 5.91 Å². The van der Waals surface area contributed by atoms with E-state index in [1.807, 2.05) is 4.98 Å². The van der Waals surface area contributed by atoms with Gasteiger partial charge in [0.1, 0.15) is 0 Å². The number of benzene rings is 1. The third-order valence-corrected chi connectivity index (χ3v) is 4.71. The normalized spacial score (nSPS) is 15.7. The highest BCUT2D eigenvalue weighted by Crippen LogP contribution is 2.38. The average molecular weight is 381 g/mol. The first kappa shape index (κ1) is 18.9. The highest BCUT2D eigenvalue weighted by molar-refractivity contribution is 5.78. The fraction of sp³-hybridized carbons (Fsp3) is 0.389. The summed E-state index contributed by atoms with van der Waals surface area (Å²) in [5.74, 6) is -0.551. The van der Waals surface area contributed by atoms with Crippen molar-refractivity contribution in [2.75, 3.05) is 13.1 Å². The van der Waals surface area contributed by atoms with Crippen LogP contribution in [0, 0.1) is 0 Å². The van der Waals surface area contributed by atoms with Crippen LogP contribution >= 0.6 is 0 Å². The van der Waals surface area contributed by atoms with Gasteiger partial charge in [-0.15, -0.1) is 0 Å². The number of aromatic nitrogens is 2. The molecule has 1 saturated heterocycles. The summed E-state index contributed by atoms with van der Waals surface area (Å²) >= 11 is 0. The van der Waals surface area contributed by atoms with Crippen molar-refractivity contribution in [3.8, 4) is 0 Å². The monoisotopic (exact) mass is 381 g/mol. The standard InChI is InChI=1S/C18H18F3N3O3/c19-18(20,21)14-4-2-1-3-13(14)11-5-7-24(8-6-11)16(26)10-12-9-15(25)23-17(27)22-12/h1-4,9,11H,5-8,10H2,(H2,22,23,25,27). The molecule has 1 aromatic heterocycles. The highest BCUT2D eigenvalue weighted by atomic mass is 19.4. The summed E-state index contributed by atoms with van der Waals surface area (Å²) in [5.41, 5.74) is -1.44. The van der Waals surface area contributed by atoms with Crippen molar-refractivity contribution in [1.29, 1.82) is 0 Å². The molecule has 1 aliphatic heterocycles. The number of H-pyrrole nitrogens is 2. The van der Waals surface area contributed by atoms with E-state index in [1.54, 1.807) is 11.0 Å². The van der Waals surface area contributed by atoms with E-state index in [4.69, 9.17) is 0 Å². The molecule has 2 aromatic rings. The minimum Gasteiger partial charge on any atom is -0.342 e. The van der Waals surface area contributed by atoms with Gasteiger partial charge in [0.2, 0.25) is 5.91 Å². The van der Waals surface area contributed by atoms with Gasteiger partial charge < -0.3 is 9.88 Å². The molecule has 1 fully saturated rings. The molecule has 2 heterocycles. The zero-order valence-electron chi connectivity index (χ0n) is 14.3. The van der Waals surface area contributed by atoms with Gasteiger partial charge in [0, 0.05) is 24.8 Å². The first-order valence-corrected chi connectivity index (χ1v) is 8.50. The minimum absolute atomic E-state index is 0.136. The number of rotatable bonds is 3. The molecule has 0 radical (unpaired) electrons. The van der Waals surface area contributed by atoms with Crippen molar-refractivity contribution in [3.63, 3.8) is 0 Å². The molecule has 0 bridgehead atoms. The predicted molar refractivity (Wildman–Crippen MR) is 91.4 cm³/mol. The van der Waals surface area contributed by atoms with Crippen LogP contribution in [0.1, 0.15) is 35.6 Å². The van der Waals surface area contributed by atoms with Gasteiger partial charge in [0.05, 0.1) is 12.0 Å². The molecule has 0 saturated carbocycles. The maximum Gasteiger partial charge on any atom is 0.416 e. The average Bonchev–Trinajstić information content (AvgIpc) is 2.60. The second-order valence-corrected chi connectivity index (χ2v) is 6.53. The fourth-order valence-electron chi connectivity index (χ4n) is 3.44. The Morgan fingerprint density at radius 2 is 1.78 bits per heavy atom. The molecule has 144 valence electrons. The van der Waals surface area contributed by atoms with Crippen LogP contribution in [-0.2, 0) is 17.4 Å². The van der Waals surface area contributed by atoms with Crippen molar-refractivity contribution in [2.24, 2.45) is 0 Å². The van der Waals surface area contributed by atoms with E-state index >= 15 is 0 Å². The molecule has 3 rings (SSSR count). The summed E-state index contributed by atoms with van der Waals surface area (Å²) in [7, 11) is 0. The Morgan fingerprint density at radius 1 is 1.11 bits per heavy atom. The van der Waals surface area contributed by atoms with Crippen LogP contribution in [0.4, 0.5) is 13.2 Å². The van der Waals surface area contributed by atoms with Crippen LogP contribution in [0.2, 0.25) is 0 Å². The Hall–Kier alpha value is -2.84. The lowest BCUT2D eigenvalue weighted by atomic mass is 9.86. The number of piperidine rings is 1. The second kappa shape index (κ2) is 7.42. The summed E-state index contributed by atoms with van der Waals surface area (Å²) in [6.45, 7) is 0.645. The van der Waals surface area contributed by atoms with Crippen molar-refractivity contribution in [1.82, 2.24) is 14.9 Å². The van der Waals surface area contributed by atoms with E-state index in [9.17, 15) is 27.6 Å². The zero-order valence-corrected chi connectivity index (χ0v) is 14.3. The van der Waals surface area contributed by atoms with Gasteiger partial charge >= 0.3 is 11.9 Å².